The number of anilines is 2. The molecule has 0 amide bonds. The smallest absolute Gasteiger partial charge is 0.262 e. The number of ether oxygens (including phenoxy) is 1. The topological polar surface area (TPSA) is 58.6 Å². The van der Waals surface area contributed by atoms with Crippen LogP contribution in [0.4, 0.5) is 11.4 Å². The lowest BCUT2D eigenvalue weighted by atomic mass is 10.1. The summed E-state index contributed by atoms with van der Waals surface area (Å²) in [7, 11) is -1.84. The van der Waals surface area contributed by atoms with E-state index in [4.69, 9.17) is 16.3 Å². The number of aryl methyl sites for hydroxylation is 2. The van der Waals surface area contributed by atoms with Gasteiger partial charge in [0.15, 0.2) is 0 Å². The number of halogens is 1. The summed E-state index contributed by atoms with van der Waals surface area (Å²) in [6, 6.07) is 8.47. The van der Waals surface area contributed by atoms with Crippen molar-refractivity contribution in [2.75, 3.05) is 29.8 Å². The Hall–Kier alpha value is -1.92. The molecule has 0 atom stereocenters. The fraction of sp³-hybridized carbons (Fsp3) is 0.294. The molecule has 0 aliphatic carbocycles. The second-order valence-electron chi connectivity index (χ2n) is 5.94. The lowest BCUT2D eigenvalue weighted by molar-refractivity contribution is 0.311. The molecule has 1 N–H and O–H groups in total. The van der Waals surface area contributed by atoms with Gasteiger partial charge >= 0.3 is 0 Å². The highest BCUT2D eigenvalue weighted by atomic mass is 35.5. The van der Waals surface area contributed by atoms with Crippen LogP contribution < -0.4 is 14.4 Å². The van der Waals surface area contributed by atoms with Crippen molar-refractivity contribution in [3.63, 3.8) is 0 Å². The van der Waals surface area contributed by atoms with E-state index in [9.17, 15) is 8.42 Å². The Labute approximate surface area is 147 Å². The van der Waals surface area contributed by atoms with Gasteiger partial charge in [0, 0.05) is 7.05 Å². The Morgan fingerprint density at radius 3 is 2.67 bits per heavy atom. The zero-order chi connectivity index (χ0) is 17.5. The molecule has 0 saturated carbocycles. The summed E-state index contributed by atoms with van der Waals surface area (Å²) in [5, 5.41) is 0.384. The van der Waals surface area contributed by atoms with E-state index < -0.39 is 10.0 Å². The van der Waals surface area contributed by atoms with E-state index in [1.165, 1.54) is 6.07 Å². The van der Waals surface area contributed by atoms with Gasteiger partial charge < -0.3 is 9.64 Å². The minimum Gasteiger partial charge on any atom is -0.490 e. The van der Waals surface area contributed by atoms with Gasteiger partial charge in [-0.15, -0.1) is 0 Å². The first-order chi connectivity index (χ1) is 11.3. The van der Waals surface area contributed by atoms with Crippen LogP contribution in [0.2, 0.25) is 5.02 Å². The largest absolute Gasteiger partial charge is 0.490 e. The molecule has 2 aromatic rings. The van der Waals surface area contributed by atoms with Crippen LogP contribution in [0.1, 0.15) is 11.1 Å². The predicted octanol–water partition coefficient (Wildman–Crippen LogP) is 3.59. The number of hydrogen-bond acceptors (Lipinski definition) is 4. The highest BCUT2D eigenvalue weighted by Gasteiger charge is 2.22. The third kappa shape index (κ3) is 3.16. The SMILES string of the molecule is Cc1cc(C)c(NS(=O)(=O)c2ccc3c(c2)N(C)CCO3)c(Cl)c1. The molecule has 1 aliphatic rings. The first-order valence-electron chi connectivity index (χ1n) is 7.55. The molecule has 1 heterocycles. The van der Waals surface area contributed by atoms with Crippen LogP contribution in [0, 0.1) is 13.8 Å². The molecule has 1 aliphatic heterocycles. The minimum absolute atomic E-state index is 0.176. The molecule has 0 aromatic heterocycles. The molecule has 3 rings (SSSR count). The summed E-state index contributed by atoms with van der Waals surface area (Å²) in [5.41, 5.74) is 2.93. The Morgan fingerprint density at radius 1 is 1.21 bits per heavy atom. The fourth-order valence-corrected chi connectivity index (χ4v) is 4.33. The Morgan fingerprint density at radius 2 is 1.96 bits per heavy atom. The molecular formula is C17H19ClN2O3S. The van der Waals surface area contributed by atoms with E-state index >= 15 is 0 Å². The number of fused-ring (bicyclic) bond motifs is 1. The average Bonchev–Trinajstić information content (AvgIpc) is 2.51. The molecule has 0 bridgehead atoms. The number of benzene rings is 2. The molecule has 0 unspecified atom stereocenters. The molecule has 0 saturated heterocycles. The Kier molecular flexibility index (Phi) is 4.36. The molecular weight excluding hydrogens is 348 g/mol. The fourth-order valence-electron chi connectivity index (χ4n) is 2.74. The van der Waals surface area contributed by atoms with Crippen molar-refractivity contribution in [2.45, 2.75) is 18.7 Å². The second-order valence-corrected chi connectivity index (χ2v) is 8.03. The standard InChI is InChI=1S/C17H19ClN2O3S/c1-11-8-12(2)17(14(18)9-11)19-24(21,22)13-4-5-16-15(10-13)20(3)6-7-23-16/h4-5,8-10,19H,6-7H2,1-3H3. The molecule has 128 valence electrons. The minimum atomic E-state index is -3.74. The lowest BCUT2D eigenvalue weighted by Gasteiger charge is -2.28. The zero-order valence-corrected chi connectivity index (χ0v) is 15.3. The number of hydrogen-bond donors (Lipinski definition) is 1. The van der Waals surface area contributed by atoms with E-state index in [1.807, 2.05) is 31.9 Å². The maximum atomic E-state index is 12.8. The van der Waals surface area contributed by atoms with Gasteiger partial charge in [-0.25, -0.2) is 8.42 Å². The number of likely N-dealkylation sites (N-methyl/N-ethyl adjacent to an activating group) is 1. The summed E-state index contributed by atoms with van der Waals surface area (Å²) in [6.07, 6.45) is 0. The van der Waals surface area contributed by atoms with Gasteiger partial charge in [-0.2, -0.15) is 0 Å². The Balaban J connectivity index is 1.99. The third-order valence-corrected chi connectivity index (χ3v) is 5.65. The van der Waals surface area contributed by atoms with Crippen molar-refractivity contribution in [2.24, 2.45) is 0 Å². The summed E-state index contributed by atoms with van der Waals surface area (Å²) < 4.78 is 33.7. The molecule has 0 radical (unpaired) electrons. The Bertz CT molecular complexity index is 874. The second kappa shape index (κ2) is 6.18. The first-order valence-corrected chi connectivity index (χ1v) is 9.41. The zero-order valence-electron chi connectivity index (χ0n) is 13.8. The van der Waals surface area contributed by atoms with Crippen molar-refractivity contribution >= 4 is 33.0 Å². The maximum absolute atomic E-state index is 12.8. The first kappa shape index (κ1) is 16.9. The summed E-state index contributed by atoms with van der Waals surface area (Å²) in [6.45, 7) is 5.04. The highest BCUT2D eigenvalue weighted by Crippen LogP contribution is 2.34. The molecule has 0 fully saturated rings. The van der Waals surface area contributed by atoms with Gasteiger partial charge in [0.1, 0.15) is 12.4 Å². The third-order valence-electron chi connectivity index (χ3n) is 4.00. The van der Waals surface area contributed by atoms with Gasteiger partial charge in [-0.1, -0.05) is 17.7 Å². The summed E-state index contributed by atoms with van der Waals surface area (Å²) in [4.78, 5) is 2.15. The normalized spacial score (nSPS) is 14.1. The van der Waals surface area contributed by atoms with E-state index in [0.717, 1.165) is 16.8 Å². The van der Waals surface area contributed by atoms with Gasteiger partial charge in [-0.05, 0) is 49.2 Å². The van der Waals surface area contributed by atoms with Crippen LogP contribution in [0.15, 0.2) is 35.2 Å². The van der Waals surface area contributed by atoms with Gasteiger partial charge in [0.25, 0.3) is 10.0 Å². The van der Waals surface area contributed by atoms with Crippen LogP contribution in [0.25, 0.3) is 0 Å². The monoisotopic (exact) mass is 366 g/mol. The highest BCUT2D eigenvalue weighted by molar-refractivity contribution is 7.92. The molecule has 24 heavy (non-hydrogen) atoms. The number of rotatable bonds is 3. The van der Waals surface area contributed by atoms with Gasteiger partial charge in [0.05, 0.1) is 27.8 Å². The van der Waals surface area contributed by atoms with Crippen molar-refractivity contribution in [3.05, 3.63) is 46.5 Å². The van der Waals surface area contributed by atoms with Gasteiger partial charge in [0.2, 0.25) is 0 Å². The number of nitrogens with zero attached hydrogens (tertiary/aromatic N) is 1. The van der Waals surface area contributed by atoms with Crippen molar-refractivity contribution in [1.82, 2.24) is 0 Å². The lowest BCUT2D eigenvalue weighted by Crippen LogP contribution is -2.29. The molecule has 5 nitrogen and oxygen atoms in total. The quantitative estimate of drug-likeness (QED) is 0.901. The summed E-state index contributed by atoms with van der Waals surface area (Å²) in [5.74, 6) is 0.687. The maximum Gasteiger partial charge on any atom is 0.262 e. The van der Waals surface area contributed by atoms with Crippen LogP contribution in [-0.4, -0.2) is 28.6 Å². The van der Waals surface area contributed by atoms with E-state index in [2.05, 4.69) is 4.72 Å². The van der Waals surface area contributed by atoms with Gasteiger partial charge in [-0.3, -0.25) is 4.72 Å². The van der Waals surface area contributed by atoms with Crippen LogP contribution in [-0.2, 0) is 10.0 Å². The van der Waals surface area contributed by atoms with Crippen molar-refractivity contribution < 1.29 is 13.2 Å². The molecule has 0 spiro atoms. The van der Waals surface area contributed by atoms with Crippen LogP contribution in [0.5, 0.6) is 5.75 Å². The summed E-state index contributed by atoms with van der Waals surface area (Å²) >= 11 is 6.21. The molecule has 2 aromatic carbocycles. The van der Waals surface area contributed by atoms with Crippen molar-refractivity contribution in [1.29, 1.82) is 0 Å². The number of nitrogens with one attached hydrogen (secondary N) is 1. The van der Waals surface area contributed by atoms with E-state index in [-0.39, 0.29) is 4.90 Å². The van der Waals surface area contributed by atoms with Crippen LogP contribution >= 0.6 is 11.6 Å². The molecule has 7 heteroatoms. The van der Waals surface area contributed by atoms with Crippen LogP contribution in [0.3, 0.4) is 0 Å². The van der Waals surface area contributed by atoms with Crippen molar-refractivity contribution in [3.8, 4) is 5.75 Å². The van der Waals surface area contributed by atoms with E-state index in [0.29, 0.717) is 29.6 Å². The van der Waals surface area contributed by atoms with E-state index in [1.54, 1.807) is 18.2 Å². The number of sulfonamides is 1. The predicted molar refractivity (Wildman–Crippen MR) is 96.9 cm³/mol. The average molecular weight is 367 g/mol.